The topological polar surface area (TPSA) is 68.7 Å². The SMILES string of the molecule is C=CC(=O)N(Cc1conc1C(C)(C)C)C(COC)c1ccco1. The van der Waals surface area contributed by atoms with E-state index >= 15 is 0 Å². The van der Waals surface area contributed by atoms with Gasteiger partial charge in [0, 0.05) is 18.1 Å². The molecular weight excluding hydrogens is 308 g/mol. The number of furan rings is 1. The normalized spacial score (nSPS) is 12.8. The van der Waals surface area contributed by atoms with Gasteiger partial charge in [0.15, 0.2) is 0 Å². The molecule has 0 saturated heterocycles. The van der Waals surface area contributed by atoms with Gasteiger partial charge in [-0.2, -0.15) is 0 Å². The third kappa shape index (κ3) is 3.94. The molecule has 0 aromatic carbocycles. The predicted octanol–water partition coefficient (Wildman–Crippen LogP) is 3.47. The lowest BCUT2D eigenvalue weighted by Crippen LogP contribution is -2.36. The molecule has 24 heavy (non-hydrogen) atoms. The van der Waals surface area contributed by atoms with Crippen molar-refractivity contribution in [1.82, 2.24) is 10.1 Å². The highest BCUT2D eigenvalue weighted by molar-refractivity contribution is 5.87. The van der Waals surface area contributed by atoms with Crippen molar-refractivity contribution in [2.24, 2.45) is 0 Å². The first kappa shape index (κ1) is 18.0. The maximum absolute atomic E-state index is 12.5. The van der Waals surface area contributed by atoms with E-state index in [2.05, 4.69) is 11.7 Å². The highest BCUT2D eigenvalue weighted by Gasteiger charge is 2.30. The summed E-state index contributed by atoms with van der Waals surface area (Å²) < 4.78 is 15.9. The van der Waals surface area contributed by atoms with Crippen molar-refractivity contribution in [3.8, 4) is 0 Å². The van der Waals surface area contributed by atoms with E-state index in [1.807, 2.05) is 26.8 Å². The van der Waals surface area contributed by atoms with Crippen molar-refractivity contribution in [1.29, 1.82) is 0 Å². The number of rotatable bonds is 7. The summed E-state index contributed by atoms with van der Waals surface area (Å²) in [5, 5.41) is 4.10. The van der Waals surface area contributed by atoms with Crippen molar-refractivity contribution < 1.29 is 18.5 Å². The van der Waals surface area contributed by atoms with Gasteiger partial charge in [0.2, 0.25) is 5.91 Å². The quantitative estimate of drug-likeness (QED) is 0.726. The van der Waals surface area contributed by atoms with Crippen LogP contribution in [-0.2, 0) is 21.5 Å². The molecule has 0 aliphatic heterocycles. The minimum atomic E-state index is -0.363. The van der Waals surface area contributed by atoms with Gasteiger partial charge in [0.1, 0.15) is 18.1 Å². The minimum absolute atomic E-state index is 0.188. The zero-order valence-electron chi connectivity index (χ0n) is 14.6. The molecule has 1 amide bonds. The molecule has 130 valence electrons. The molecule has 0 saturated carbocycles. The Morgan fingerprint density at radius 1 is 1.50 bits per heavy atom. The fourth-order valence-corrected chi connectivity index (χ4v) is 2.59. The van der Waals surface area contributed by atoms with Gasteiger partial charge in [0.05, 0.1) is 25.1 Å². The van der Waals surface area contributed by atoms with Crippen LogP contribution in [0.5, 0.6) is 0 Å². The van der Waals surface area contributed by atoms with Crippen LogP contribution < -0.4 is 0 Å². The van der Waals surface area contributed by atoms with Gasteiger partial charge < -0.3 is 18.6 Å². The van der Waals surface area contributed by atoms with E-state index in [9.17, 15) is 4.79 Å². The maximum atomic E-state index is 12.5. The van der Waals surface area contributed by atoms with Crippen molar-refractivity contribution in [2.75, 3.05) is 13.7 Å². The average Bonchev–Trinajstić information content (AvgIpc) is 3.20. The first-order valence-electron chi connectivity index (χ1n) is 7.77. The number of aromatic nitrogens is 1. The Morgan fingerprint density at radius 3 is 2.79 bits per heavy atom. The van der Waals surface area contributed by atoms with Gasteiger partial charge in [-0.05, 0) is 18.2 Å². The van der Waals surface area contributed by atoms with Crippen molar-refractivity contribution in [3.05, 3.63) is 54.3 Å². The summed E-state index contributed by atoms with van der Waals surface area (Å²) in [6.07, 6.45) is 4.44. The first-order valence-corrected chi connectivity index (χ1v) is 7.77. The molecule has 0 spiro atoms. The molecule has 0 bridgehead atoms. The van der Waals surface area contributed by atoms with E-state index in [1.54, 1.807) is 30.6 Å². The number of carbonyl (C=O) groups is 1. The first-order chi connectivity index (χ1) is 11.4. The van der Waals surface area contributed by atoms with E-state index in [-0.39, 0.29) is 17.4 Å². The van der Waals surface area contributed by atoms with Gasteiger partial charge in [0.25, 0.3) is 0 Å². The molecule has 2 rings (SSSR count). The van der Waals surface area contributed by atoms with Crippen LogP contribution in [0.2, 0.25) is 0 Å². The summed E-state index contributed by atoms with van der Waals surface area (Å²) in [5.74, 6) is 0.440. The number of hydrogen-bond acceptors (Lipinski definition) is 5. The molecule has 0 aliphatic rings. The third-order valence-electron chi connectivity index (χ3n) is 3.72. The maximum Gasteiger partial charge on any atom is 0.246 e. The molecule has 6 heteroatoms. The molecule has 2 heterocycles. The Labute approximate surface area is 142 Å². The fourth-order valence-electron chi connectivity index (χ4n) is 2.59. The smallest absolute Gasteiger partial charge is 0.246 e. The summed E-state index contributed by atoms with van der Waals surface area (Å²) in [6, 6.07) is 3.25. The van der Waals surface area contributed by atoms with Crippen LogP contribution in [0.25, 0.3) is 0 Å². The number of methoxy groups -OCH3 is 1. The molecule has 6 nitrogen and oxygen atoms in total. The number of carbonyl (C=O) groups excluding carboxylic acids is 1. The molecule has 0 radical (unpaired) electrons. The van der Waals surface area contributed by atoms with Crippen LogP contribution in [0.4, 0.5) is 0 Å². The van der Waals surface area contributed by atoms with Crippen LogP contribution in [0.1, 0.15) is 43.8 Å². The Bertz CT molecular complexity index is 668. The lowest BCUT2D eigenvalue weighted by Gasteiger charge is -2.29. The van der Waals surface area contributed by atoms with E-state index in [1.165, 1.54) is 6.08 Å². The molecule has 0 N–H and O–H groups in total. The van der Waals surface area contributed by atoms with Crippen LogP contribution in [-0.4, -0.2) is 29.7 Å². The van der Waals surface area contributed by atoms with E-state index < -0.39 is 0 Å². The number of nitrogens with zero attached hydrogens (tertiary/aromatic N) is 2. The second-order valence-electron chi connectivity index (χ2n) is 6.60. The van der Waals surface area contributed by atoms with E-state index in [0.717, 1.165) is 11.3 Å². The van der Waals surface area contributed by atoms with Gasteiger partial charge in [-0.1, -0.05) is 32.5 Å². The second-order valence-corrected chi connectivity index (χ2v) is 6.60. The van der Waals surface area contributed by atoms with Crippen LogP contribution in [0.3, 0.4) is 0 Å². The molecular formula is C18H24N2O4. The summed E-state index contributed by atoms with van der Waals surface area (Å²) in [6.45, 7) is 10.4. The lowest BCUT2D eigenvalue weighted by molar-refractivity contribution is -0.130. The molecule has 0 aliphatic carbocycles. The van der Waals surface area contributed by atoms with Crippen LogP contribution >= 0.6 is 0 Å². The minimum Gasteiger partial charge on any atom is -0.467 e. The largest absolute Gasteiger partial charge is 0.467 e. The monoisotopic (exact) mass is 332 g/mol. The summed E-state index contributed by atoms with van der Waals surface area (Å²) in [4.78, 5) is 14.1. The lowest BCUT2D eigenvalue weighted by atomic mass is 9.89. The number of amides is 1. The molecule has 1 atom stereocenters. The standard InChI is InChI=1S/C18H24N2O4/c1-6-16(21)20(14(12-22-5)15-8-7-9-23-15)10-13-11-24-19-17(13)18(2,3)4/h6-9,11,14H,1,10,12H2,2-5H3. The average molecular weight is 332 g/mol. The van der Waals surface area contributed by atoms with E-state index in [4.69, 9.17) is 13.7 Å². The van der Waals surface area contributed by atoms with Crippen molar-refractivity contribution in [3.63, 3.8) is 0 Å². The highest BCUT2D eigenvalue weighted by atomic mass is 16.5. The predicted molar refractivity (Wildman–Crippen MR) is 89.3 cm³/mol. The Kier molecular flexibility index (Phi) is 5.62. The van der Waals surface area contributed by atoms with Crippen molar-refractivity contribution in [2.45, 2.75) is 38.8 Å². The fraction of sp³-hybridized carbons (Fsp3) is 0.444. The number of hydrogen-bond donors (Lipinski definition) is 0. The van der Waals surface area contributed by atoms with Crippen molar-refractivity contribution >= 4 is 5.91 Å². The summed E-state index contributed by atoms with van der Waals surface area (Å²) >= 11 is 0. The highest BCUT2D eigenvalue weighted by Crippen LogP contribution is 2.29. The van der Waals surface area contributed by atoms with Gasteiger partial charge in [-0.15, -0.1) is 0 Å². The third-order valence-corrected chi connectivity index (χ3v) is 3.72. The zero-order valence-corrected chi connectivity index (χ0v) is 14.6. The molecule has 2 aromatic heterocycles. The van der Waals surface area contributed by atoms with E-state index in [0.29, 0.717) is 18.9 Å². The molecule has 2 aromatic rings. The summed E-state index contributed by atoms with van der Waals surface area (Å²) in [5.41, 5.74) is 1.48. The molecule has 1 unspecified atom stereocenters. The number of ether oxygens (including phenoxy) is 1. The van der Waals surface area contributed by atoms with Gasteiger partial charge in [-0.25, -0.2) is 0 Å². The van der Waals surface area contributed by atoms with Crippen LogP contribution in [0, 0.1) is 0 Å². The molecule has 0 fully saturated rings. The Balaban J connectivity index is 2.37. The Morgan fingerprint density at radius 2 is 2.25 bits per heavy atom. The summed E-state index contributed by atoms with van der Waals surface area (Å²) in [7, 11) is 1.59. The van der Waals surface area contributed by atoms with Crippen LogP contribution in [0.15, 0.2) is 46.3 Å². The Hall–Kier alpha value is -2.34. The van der Waals surface area contributed by atoms with Gasteiger partial charge >= 0.3 is 0 Å². The van der Waals surface area contributed by atoms with Gasteiger partial charge in [-0.3, -0.25) is 4.79 Å². The second kappa shape index (κ2) is 7.49. The zero-order chi connectivity index (χ0) is 17.7.